The molecular weight excluding hydrogens is 206 g/mol. The first-order valence-corrected chi connectivity index (χ1v) is 6.58. The highest BCUT2D eigenvalue weighted by Gasteiger charge is 2.18. The first kappa shape index (κ1) is 14.2. The first-order chi connectivity index (χ1) is 7.85. The third-order valence-electron chi connectivity index (χ3n) is 3.42. The molecule has 1 aromatic carbocycles. The number of rotatable bonds is 4. The summed E-state index contributed by atoms with van der Waals surface area (Å²) in [6.07, 6.45) is 2.44. The normalized spacial score (nSPS) is 13.8. The van der Waals surface area contributed by atoms with Crippen molar-refractivity contribution in [2.75, 3.05) is 7.05 Å². The third kappa shape index (κ3) is 4.16. The summed E-state index contributed by atoms with van der Waals surface area (Å²) in [5.41, 5.74) is 4.70. The van der Waals surface area contributed by atoms with Crippen LogP contribution in [-0.4, -0.2) is 7.05 Å². The topological polar surface area (TPSA) is 12.0 Å². The van der Waals surface area contributed by atoms with Gasteiger partial charge in [0, 0.05) is 6.04 Å². The van der Waals surface area contributed by atoms with Gasteiger partial charge >= 0.3 is 0 Å². The molecule has 1 heteroatoms. The van der Waals surface area contributed by atoms with Gasteiger partial charge in [-0.25, -0.2) is 0 Å². The van der Waals surface area contributed by atoms with Gasteiger partial charge in [-0.1, -0.05) is 39.0 Å². The highest BCUT2D eigenvalue weighted by Crippen LogP contribution is 2.30. The van der Waals surface area contributed by atoms with Gasteiger partial charge in [0.2, 0.25) is 0 Å². The molecule has 0 bridgehead atoms. The Hall–Kier alpha value is -0.820. The van der Waals surface area contributed by atoms with Gasteiger partial charge in [-0.15, -0.1) is 0 Å². The fraction of sp³-hybridized carbons (Fsp3) is 0.625. The van der Waals surface area contributed by atoms with E-state index in [2.05, 4.69) is 65.2 Å². The Morgan fingerprint density at radius 1 is 1.12 bits per heavy atom. The minimum atomic E-state index is 0.408. The zero-order valence-corrected chi connectivity index (χ0v) is 12.2. The van der Waals surface area contributed by atoms with Crippen molar-refractivity contribution in [3.8, 4) is 0 Å². The van der Waals surface area contributed by atoms with Crippen molar-refractivity contribution < 1.29 is 0 Å². The lowest BCUT2D eigenvalue weighted by Gasteiger charge is -2.25. The molecule has 0 aliphatic carbocycles. The summed E-state index contributed by atoms with van der Waals surface area (Å²) in [4.78, 5) is 0. The third-order valence-corrected chi connectivity index (χ3v) is 3.42. The molecule has 1 aromatic rings. The van der Waals surface area contributed by atoms with Crippen molar-refractivity contribution in [1.82, 2.24) is 5.32 Å². The molecule has 0 saturated heterocycles. The maximum absolute atomic E-state index is 3.47. The molecule has 0 radical (unpaired) electrons. The van der Waals surface area contributed by atoms with Crippen LogP contribution in [0, 0.1) is 19.3 Å². The summed E-state index contributed by atoms with van der Waals surface area (Å²) >= 11 is 0. The van der Waals surface area contributed by atoms with Gasteiger partial charge in [-0.05, 0) is 55.8 Å². The molecule has 0 spiro atoms. The quantitative estimate of drug-likeness (QED) is 0.813. The average Bonchev–Trinajstić information content (AvgIpc) is 2.21. The molecule has 1 atom stereocenters. The lowest BCUT2D eigenvalue weighted by atomic mass is 9.85. The van der Waals surface area contributed by atoms with Gasteiger partial charge in [0.05, 0.1) is 0 Å². The summed E-state index contributed by atoms with van der Waals surface area (Å²) in [5.74, 6) is 0. The predicted octanol–water partition coefficient (Wildman–Crippen LogP) is 4.39. The summed E-state index contributed by atoms with van der Waals surface area (Å²) in [7, 11) is 2.07. The van der Waals surface area contributed by atoms with Crippen molar-refractivity contribution in [2.45, 2.75) is 53.5 Å². The molecule has 0 amide bonds. The van der Waals surface area contributed by atoms with Gasteiger partial charge in [0.25, 0.3) is 0 Å². The molecule has 0 aliphatic heterocycles. The van der Waals surface area contributed by atoms with Crippen LogP contribution < -0.4 is 5.32 Å². The van der Waals surface area contributed by atoms with Crippen LogP contribution in [0.15, 0.2) is 18.2 Å². The molecule has 1 rings (SSSR count). The van der Waals surface area contributed by atoms with E-state index in [0.717, 1.165) is 0 Å². The molecule has 0 fully saturated rings. The Balaban J connectivity index is 2.87. The summed E-state index contributed by atoms with van der Waals surface area (Å²) in [6.45, 7) is 11.4. The molecule has 0 saturated carbocycles. The molecule has 1 N–H and O–H groups in total. The monoisotopic (exact) mass is 233 g/mol. The van der Waals surface area contributed by atoms with Crippen LogP contribution in [0.3, 0.4) is 0 Å². The minimum Gasteiger partial charge on any atom is -0.313 e. The Kier molecular flexibility index (Phi) is 4.76. The van der Waals surface area contributed by atoms with Gasteiger partial charge < -0.3 is 5.32 Å². The Labute approximate surface area is 107 Å². The van der Waals surface area contributed by atoms with E-state index in [0.29, 0.717) is 11.5 Å². The maximum atomic E-state index is 3.47. The average molecular weight is 233 g/mol. The Bertz CT molecular complexity index is 340. The molecule has 96 valence electrons. The highest BCUT2D eigenvalue weighted by molar-refractivity contribution is 5.36. The summed E-state index contributed by atoms with van der Waals surface area (Å²) in [5, 5.41) is 3.47. The summed E-state index contributed by atoms with van der Waals surface area (Å²) < 4.78 is 0. The van der Waals surface area contributed by atoms with Gasteiger partial charge in [-0.2, -0.15) is 0 Å². The van der Waals surface area contributed by atoms with Crippen LogP contribution in [0.25, 0.3) is 0 Å². The molecule has 17 heavy (non-hydrogen) atoms. The fourth-order valence-corrected chi connectivity index (χ4v) is 2.39. The number of aryl methyl sites for hydroxylation is 2. The lowest BCUT2D eigenvalue weighted by Crippen LogP contribution is -2.20. The summed E-state index contributed by atoms with van der Waals surface area (Å²) in [6, 6.07) is 7.05. The van der Waals surface area contributed by atoms with Gasteiger partial charge in [-0.3, -0.25) is 0 Å². The van der Waals surface area contributed by atoms with E-state index in [-0.39, 0.29) is 0 Å². The van der Waals surface area contributed by atoms with Crippen molar-refractivity contribution in [2.24, 2.45) is 5.41 Å². The predicted molar refractivity (Wildman–Crippen MR) is 76.4 cm³/mol. The van der Waals surface area contributed by atoms with Crippen molar-refractivity contribution >= 4 is 0 Å². The Morgan fingerprint density at radius 2 is 1.65 bits per heavy atom. The van der Waals surface area contributed by atoms with Crippen molar-refractivity contribution in [1.29, 1.82) is 0 Å². The van der Waals surface area contributed by atoms with E-state index in [4.69, 9.17) is 0 Å². The molecule has 1 nitrogen and oxygen atoms in total. The van der Waals surface area contributed by atoms with E-state index in [9.17, 15) is 0 Å². The number of nitrogens with one attached hydrogen (secondary N) is 1. The molecular formula is C16H27N. The van der Waals surface area contributed by atoms with Crippen LogP contribution in [0.1, 0.15) is 56.3 Å². The number of hydrogen-bond acceptors (Lipinski definition) is 1. The van der Waals surface area contributed by atoms with Crippen LogP contribution in [0.4, 0.5) is 0 Å². The Morgan fingerprint density at radius 3 is 2.06 bits per heavy atom. The highest BCUT2D eigenvalue weighted by atomic mass is 14.9. The molecule has 1 unspecified atom stereocenters. The number of hydrogen-bond donors (Lipinski definition) is 1. The van der Waals surface area contributed by atoms with Crippen molar-refractivity contribution in [3.05, 3.63) is 34.9 Å². The van der Waals surface area contributed by atoms with Crippen LogP contribution in [0.5, 0.6) is 0 Å². The lowest BCUT2D eigenvalue weighted by molar-refractivity contribution is 0.337. The SMILES string of the molecule is CNC(CCC(C)(C)C)c1c(C)cccc1C. The standard InChI is InChI=1S/C16H27N/c1-12-8-7-9-13(2)15(12)14(17-6)10-11-16(3,4)5/h7-9,14,17H,10-11H2,1-6H3. The van der Waals surface area contributed by atoms with Gasteiger partial charge in [0.15, 0.2) is 0 Å². The zero-order chi connectivity index (χ0) is 13.1. The van der Waals surface area contributed by atoms with E-state index >= 15 is 0 Å². The molecule has 0 aliphatic rings. The molecule has 0 aromatic heterocycles. The fourth-order valence-electron chi connectivity index (χ4n) is 2.39. The van der Waals surface area contributed by atoms with Gasteiger partial charge in [0.1, 0.15) is 0 Å². The van der Waals surface area contributed by atoms with E-state index in [1.807, 2.05) is 0 Å². The van der Waals surface area contributed by atoms with Crippen LogP contribution in [-0.2, 0) is 0 Å². The second kappa shape index (κ2) is 5.68. The van der Waals surface area contributed by atoms with E-state index in [1.165, 1.54) is 29.5 Å². The first-order valence-electron chi connectivity index (χ1n) is 6.58. The maximum Gasteiger partial charge on any atom is 0.0322 e. The minimum absolute atomic E-state index is 0.408. The second-order valence-corrected chi connectivity index (χ2v) is 6.25. The smallest absolute Gasteiger partial charge is 0.0322 e. The zero-order valence-electron chi connectivity index (χ0n) is 12.2. The van der Waals surface area contributed by atoms with E-state index in [1.54, 1.807) is 0 Å². The van der Waals surface area contributed by atoms with Crippen LogP contribution in [0.2, 0.25) is 0 Å². The largest absolute Gasteiger partial charge is 0.313 e. The van der Waals surface area contributed by atoms with Crippen LogP contribution >= 0.6 is 0 Å². The van der Waals surface area contributed by atoms with Crippen molar-refractivity contribution in [3.63, 3.8) is 0 Å². The second-order valence-electron chi connectivity index (χ2n) is 6.25. The van der Waals surface area contributed by atoms with E-state index < -0.39 is 0 Å². The number of benzene rings is 1. The molecule has 0 heterocycles.